The number of amidine groups is 1. The Balaban J connectivity index is 1.55. The van der Waals surface area contributed by atoms with E-state index in [1.807, 2.05) is 0 Å². The lowest BCUT2D eigenvalue weighted by atomic mass is 10.2. The normalized spacial score (nSPS) is 18.5. The number of halogens is 2. The molecule has 0 saturated carbocycles. The van der Waals surface area contributed by atoms with E-state index in [-0.39, 0.29) is 18.2 Å². The van der Waals surface area contributed by atoms with E-state index in [9.17, 15) is 9.59 Å². The molecule has 7 nitrogen and oxygen atoms in total. The summed E-state index contributed by atoms with van der Waals surface area (Å²) in [7, 11) is 0. The highest BCUT2D eigenvalue weighted by Crippen LogP contribution is 2.26. The summed E-state index contributed by atoms with van der Waals surface area (Å²) >= 11 is 12.9. The van der Waals surface area contributed by atoms with Crippen molar-refractivity contribution in [3.05, 3.63) is 52.4 Å². The van der Waals surface area contributed by atoms with E-state index in [2.05, 4.69) is 20.8 Å². The Hall–Kier alpha value is -2.29. The maximum absolute atomic E-state index is 12.1. The summed E-state index contributed by atoms with van der Waals surface area (Å²) in [6.45, 7) is 0. The van der Waals surface area contributed by atoms with Crippen molar-refractivity contribution in [3.8, 4) is 0 Å². The van der Waals surface area contributed by atoms with Gasteiger partial charge in [0.25, 0.3) is 0 Å². The second-order valence-corrected chi connectivity index (χ2v) is 7.15. The molecule has 2 amide bonds. The molecule has 1 unspecified atom stereocenters. The number of rotatable bonds is 5. The molecule has 0 spiro atoms. The maximum Gasteiger partial charge on any atom is 0.240 e. The Morgan fingerprint density at radius 1 is 1.35 bits per heavy atom. The van der Waals surface area contributed by atoms with Crippen LogP contribution in [0.3, 0.4) is 0 Å². The second kappa shape index (κ2) is 8.39. The number of nitrogens with zero attached hydrogens (tertiary/aromatic N) is 2. The number of anilines is 1. The lowest BCUT2D eigenvalue weighted by Gasteiger charge is -2.08. The molecular formula is C16H12Cl2N4O3S. The first kappa shape index (κ1) is 18.5. The van der Waals surface area contributed by atoms with E-state index >= 15 is 0 Å². The first-order chi connectivity index (χ1) is 12.5. The molecule has 10 heteroatoms. The van der Waals surface area contributed by atoms with Crippen LogP contribution in [0.4, 0.5) is 5.69 Å². The lowest BCUT2D eigenvalue weighted by Crippen LogP contribution is -2.28. The first-order valence-corrected chi connectivity index (χ1v) is 9.02. The minimum Gasteiger partial charge on any atom is -0.463 e. The van der Waals surface area contributed by atoms with E-state index < -0.39 is 5.25 Å². The molecule has 2 N–H and O–H groups in total. The van der Waals surface area contributed by atoms with Gasteiger partial charge in [-0.15, -0.1) is 5.10 Å². The van der Waals surface area contributed by atoms with Crippen molar-refractivity contribution in [2.75, 3.05) is 5.32 Å². The smallest absolute Gasteiger partial charge is 0.240 e. The van der Waals surface area contributed by atoms with Crippen molar-refractivity contribution in [1.82, 2.24) is 5.32 Å². The molecule has 0 bridgehead atoms. The SMILES string of the molecule is O=C(CC1S/C(=N/N=C\c2ccco2)NC1=O)Nc1ccc(Cl)c(Cl)c1. The number of amides is 2. The Labute approximate surface area is 162 Å². The highest BCUT2D eigenvalue weighted by atomic mass is 35.5. The second-order valence-electron chi connectivity index (χ2n) is 5.14. The molecule has 1 fully saturated rings. The number of benzene rings is 1. The van der Waals surface area contributed by atoms with Crippen molar-refractivity contribution in [3.63, 3.8) is 0 Å². The summed E-state index contributed by atoms with van der Waals surface area (Å²) in [5.41, 5.74) is 0.504. The van der Waals surface area contributed by atoms with Crippen LogP contribution in [0.15, 0.2) is 51.2 Å². The van der Waals surface area contributed by atoms with E-state index in [1.165, 1.54) is 12.5 Å². The van der Waals surface area contributed by atoms with Crippen LogP contribution in [0.2, 0.25) is 10.0 Å². The highest BCUT2D eigenvalue weighted by molar-refractivity contribution is 8.15. The van der Waals surface area contributed by atoms with Crippen LogP contribution in [-0.4, -0.2) is 28.4 Å². The predicted molar refractivity (Wildman–Crippen MR) is 103 cm³/mol. The largest absolute Gasteiger partial charge is 0.463 e. The fraction of sp³-hybridized carbons (Fsp3) is 0.125. The molecule has 134 valence electrons. The van der Waals surface area contributed by atoms with Crippen molar-refractivity contribution in [2.24, 2.45) is 10.2 Å². The topological polar surface area (TPSA) is 96.1 Å². The lowest BCUT2D eigenvalue weighted by molar-refractivity contribution is -0.122. The van der Waals surface area contributed by atoms with Crippen LogP contribution >= 0.6 is 35.0 Å². The number of furan rings is 1. The Bertz CT molecular complexity index is 884. The summed E-state index contributed by atoms with van der Waals surface area (Å²) in [6, 6.07) is 8.20. The zero-order chi connectivity index (χ0) is 18.5. The number of nitrogens with one attached hydrogen (secondary N) is 2. The molecular weight excluding hydrogens is 399 g/mol. The van der Waals surface area contributed by atoms with Crippen LogP contribution in [-0.2, 0) is 9.59 Å². The van der Waals surface area contributed by atoms with Gasteiger partial charge < -0.3 is 15.1 Å². The standard InChI is InChI=1S/C16H12Cl2N4O3S/c17-11-4-3-9(6-12(11)18)20-14(23)7-13-15(24)21-16(26-13)22-19-8-10-2-1-5-25-10/h1-6,8,13H,7H2,(H,20,23)(H,21,22,24)/b19-8-. The number of carbonyl (C=O) groups is 2. The molecule has 3 rings (SSSR count). The number of hydrogen-bond acceptors (Lipinski definition) is 6. The third-order valence-corrected chi connectivity index (χ3v) is 5.04. The molecule has 1 atom stereocenters. The van der Waals surface area contributed by atoms with Gasteiger partial charge in [-0.3, -0.25) is 9.59 Å². The van der Waals surface area contributed by atoms with Gasteiger partial charge in [0.2, 0.25) is 11.8 Å². The molecule has 1 aliphatic rings. The Kier molecular flexibility index (Phi) is 5.97. The van der Waals surface area contributed by atoms with Gasteiger partial charge in [-0.1, -0.05) is 35.0 Å². The van der Waals surface area contributed by atoms with Crippen LogP contribution in [0.1, 0.15) is 12.2 Å². The molecule has 0 aliphatic carbocycles. The molecule has 0 radical (unpaired) electrons. The molecule has 1 aliphatic heterocycles. The van der Waals surface area contributed by atoms with Gasteiger partial charge in [0.15, 0.2) is 5.17 Å². The third kappa shape index (κ3) is 4.87. The van der Waals surface area contributed by atoms with Crippen molar-refractivity contribution in [1.29, 1.82) is 0 Å². The molecule has 2 aromatic rings. The zero-order valence-electron chi connectivity index (χ0n) is 13.1. The summed E-state index contributed by atoms with van der Waals surface area (Å²) in [4.78, 5) is 24.1. The monoisotopic (exact) mass is 410 g/mol. The zero-order valence-corrected chi connectivity index (χ0v) is 15.4. The molecule has 1 aromatic heterocycles. The van der Waals surface area contributed by atoms with Gasteiger partial charge in [0.05, 0.1) is 22.5 Å². The quantitative estimate of drug-likeness (QED) is 0.581. The Morgan fingerprint density at radius 2 is 2.19 bits per heavy atom. The summed E-state index contributed by atoms with van der Waals surface area (Å²) in [5.74, 6) is -0.0798. The van der Waals surface area contributed by atoms with Crippen LogP contribution < -0.4 is 10.6 Å². The average Bonchev–Trinajstić information content (AvgIpc) is 3.22. The predicted octanol–water partition coefficient (Wildman–Crippen LogP) is 3.54. The summed E-state index contributed by atoms with van der Waals surface area (Å²) in [6.07, 6.45) is 2.92. The van der Waals surface area contributed by atoms with E-state index in [0.717, 1.165) is 11.8 Å². The Morgan fingerprint density at radius 3 is 2.92 bits per heavy atom. The maximum atomic E-state index is 12.1. The van der Waals surface area contributed by atoms with Crippen LogP contribution in [0, 0.1) is 0 Å². The number of thioether (sulfide) groups is 1. The molecule has 26 heavy (non-hydrogen) atoms. The fourth-order valence-electron chi connectivity index (χ4n) is 2.04. The van der Waals surface area contributed by atoms with Gasteiger partial charge in [-0.05, 0) is 30.3 Å². The fourth-order valence-corrected chi connectivity index (χ4v) is 3.27. The molecule has 2 heterocycles. The highest BCUT2D eigenvalue weighted by Gasteiger charge is 2.32. The van der Waals surface area contributed by atoms with Gasteiger partial charge in [0.1, 0.15) is 11.0 Å². The average molecular weight is 411 g/mol. The van der Waals surface area contributed by atoms with Crippen molar-refractivity contribution < 1.29 is 14.0 Å². The first-order valence-electron chi connectivity index (χ1n) is 7.38. The minimum atomic E-state index is -0.588. The van der Waals surface area contributed by atoms with E-state index in [0.29, 0.717) is 26.7 Å². The van der Waals surface area contributed by atoms with Crippen LogP contribution in [0.5, 0.6) is 0 Å². The number of carbonyl (C=O) groups excluding carboxylic acids is 2. The van der Waals surface area contributed by atoms with Gasteiger partial charge >= 0.3 is 0 Å². The summed E-state index contributed by atoms with van der Waals surface area (Å²) in [5, 5.41) is 13.5. The molecule has 1 saturated heterocycles. The van der Waals surface area contributed by atoms with E-state index in [1.54, 1.807) is 30.3 Å². The minimum absolute atomic E-state index is 0.0162. The van der Waals surface area contributed by atoms with E-state index in [4.69, 9.17) is 27.6 Å². The van der Waals surface area contributed by atoms with Gasteiger partial charge in [0, 0.05) is 12.1 Å². The van der Waals surface area contributed by atoms with Gasteiger partial charge in [-0.25, -0.2) is 0 Å². The third-order valence-electron chi connectivity index (χ3n) is 3.23. The molecule has 1 aromatic carbocycles. The summed E-state index contributed by atoms with van der Waals surface area (Å²) < 4.78 is 5.08. The van der Waals surface area contributed by atoms with Crippen molar-refractivity contribution in [2.45, 2.75) is 11.7 Å². The van der Waals surface area contributed by atoms with Gasteiger partial charge in [-0.2, -0.15) is 5.10 Å². The number of hydrogen-bond donors (Lipinski definition) is 2. The van der Waals surface area contributed by atoms with Crippen LogP contribution in [0.25, 0.3) is 0 Å². The van der Waals surface area contributed by atoms with Crippen molar-refractivity contribution >= 4 is 63.8 Å².